The molecule has 28 heavy (non-hydrogen) atoms. The van der Waals surface area contributed by atoms with Crippen LogP contribution in [0.3, 0.4) is 0 Å². The molecule has 0 aliphatic rings. The van der Waals surface area contributed by atoms with Gasteiger partial charge >= 0.3 is 5.97 Å². The second kappa shape index (κ2) is 9.00. The zero-order valence-electron chi connectivity index (χ0n) is 17.0. The SMILES string of the molecule is CCCc1nc2c(C)cc(C)nc2n1-c1ccc(CCCCCC(=O)O)cc1. The van der Waals surface area contributed by atoms with Gasteiger partial charge in [-0.15, -0.1) is 0 Å². The number of carboxylic acids is 1. The molecule has 1 N–H and O–H groups in total. The zero-order chi connectivity index (χ0) is 20.1. The van der Waals surface area contributed by atoms with Crippen molar-refractivity contribution in [3.8, 4) is 5.69 Å². The molecule has 0 saturated heterocycles. The minimum Gasteiger partial charge on any atom is -0.481 e. The maximum Gasteiger partial charge on any atom is 0.303 e. The zero-order valence-corrected chi connectivity index (χ0v) is 17.0. The number of aliphatic carboxylic acids is 1. The van der Waals surface area contributed by atoms with Crippen molar-refractivity contribution in [3.05, 3.63) is 53.0 Å². The summed E-state index contributed by atoms with van der Waals surface area (Å²) < 4.78 is 2.19. The number of pyridine rings is 1. The molecule has 0 atom stereocenters. The first-order valence-electron chi connectivity index (χ1n) is 10.2. The molecule has 0 radical (unpaired) electrons. The lowest BCUT2D eigenvalue weighted by atomic mass is 10.1. The number of imidazole rings is 1. The van der Waals surface area contributed by atoms with E-state index in [2.05, 4.69) is 48.7 Å². The molecule has 2 aromatic heterocycles. The Morgan fingerprint density at radius 1 is 1.04 bits per heavy atom. The van der Waals surface area contributed by atoms with E-state index in [9.17, 15) is 4.79 Å². The largest absolute Gasteiger partial charge is 0.481 e. The molecule has 0 aliphatic carbocycles. The molecule has 0 spiro atoms. The molecule has 3 aromatic rings. The standard InChI is InChI=1S/C23H29N3O2/c1-4-8-20-25-22-16(2)15-17(3)24-23(22)26(20)19-13-11-18(12-14-19)9-6-5-7-10-21(27)28/h11-15H,4-10H2,1-3H3,(H,27,28). The van der Waals surface area contributed by atoms with Gasteiger partial charge in [-0.3, -0.25) is 9.36 Å². The summed E-state index contributed by atoms with van der Waals surface area (Å²) in [6.45, 7) is 6.29. The van der Waals surface area contributed by atoms with Gasteiger partial charge in [-0.05, 0) is 68.9 Å². The normalized spacial score (nSPS) is 11.2. The van der Waals surface area contributed by atoms with E-state index in [0.29, 0.717) is 0 Å². The first kappa shape index (κ1) is 20.1. The number of rotatable bonds is 9. The molecule has 5 heteroatoms. The fourth-order valence-electron chi connectivity index (χ4n) is 3.66. The molecule has 2 heterocycles. The van der Waals surface area contributed by atoms with Gasteiger partial charge in [0.15, 0.2) is 5.65 Å². The minimum atomic E-state index is -0.709. The van der Waals surface area contributed by atoms with Crippen LogP contribution in [-0.2, 0) is 17.6 Å². The fraction of sp³-hybridized carbons (Fsp3) is 0.435. The summed E-state index contributed by atoms with van der Waals surface area (Å²) in [5.74, 6) is 0.346. The number of aryl methyl sites for hydroxylation is 4. The van der Waals surface area contributed by atoms with Crippen LogP contribution in [0.1, 0.15) is 61.7 Å². The van der Waals surface area contributed by atoms with Crippen LogP contribution in [0.2, 0.25) is 0 Å². The van der Waals surface area contributed by atoms with Crippen molar-refractivity contribution in [2.45, 2.75) is 65.7 Å². The van der Waals surface area contributed by atoms with Gasteiger partial charge in [-0.1, -0.05) is 25.5 Å². The third-order valence-electron chi connectivity index (χ3n) is 5.03. The van der Waals surface area contributed by atoms with Crippen LogP contribution in [0.15, 0.2) is 30.3 Å². The van der Waals surface area contributed by atoms with E-state index >= 15 is 0 Å². The highest BCUT2D eigenvalue weighted by atomic mass is 16.4. The number of fused-ring (bicyclic) bond motifs is 1. The minimum absolute atomic E-state index is 0.263. The lowest BCUT2D eigenvalue weighted by Gasteiger charge is -2.10. The van der Waals surface area contributed by atoms with E-state index in [-0.39, 0.29) is 6.42 Å². The second-order valence-electron chi connectivity index (χ2n) is 7.49. The van der Waals surface area contributed by atoms with E-state index < -0.39 is 5.97 Å². The van der Waals surface area contributed by atoms with E-state index in [1.54, 1.807) is 0 Å². The van der Waals surface area contributed by atoms with Crippen LogP contribution < -0.4 is 0 Å². The summed E-state index contributed by atoms with van der Waals surface area (Å²) in [5, 5.41) is 8.71. The number of hydrogen-bond acceptors (Lipinski definition) is 3. The Hall–Kier alpha value is -2.69. The summed E-state index contributed by atoms with van der Waals surface area (Å²) in [6.07, 6.45) is 5.90. The van der Waals surface area contributed by atoms with Crippen molar-refractivity contribution in [1.29, 1.82) is 0 Å². The van der Waals surface area contributed by atoms with Crippen molar-refractivity contribution in [3.63, 3.8) is 0 Å². The number of nitrogens with zero attached hydrogens (tertiary/aromatic N) is 3. The van der Waals surface area contributed by atoms with Crippen LogP contribution in [0.4, 0.5) is 0 Å². The van der Waals surface area contributed by atoms with Crippen LogP contribution in [0.25, 0.3) is 16.9 Å². The Balaban J connectivity index is 1.82. The van der Waals surface area contributed by atoms with Crippen molar-refractivity contribution in [1.82, 2.24) is 14.5 Å². The van der Waals surface area contributed by atoms with Gasteiger partial charge < -0.3 is 5.11 Å². The number of hydrogen-bond donors (Lipinski definition) is 1. The quantitative estimate of drug-likeness (QED) is 0.520. The molecule has 0 fully saturated rings. The summed E-state index contributed by atoms with van der Waals surface area (Å²) in [7, 11) is 0. The fourth-order valence-corrected chi connectivity index (χ4v) is 3.66. The van der Waals surface area contributed by atoms with Gasteiger partial charge in [0.2, 0.25) is 0 Å². The van der Waals surface area contributed by atoms with Crippen LogP contribution >= 0.6 is 0 Å². The highest BCUT2D eigenvalue weighted by Gasteiger charge is 2.15. The van der Waals surface area contributed by atoms with Crippen molar-refractivity contribution >= 4 is 17.1 Å². The Morgan fingerprint density at radius 2 is 1.79 bits per heavy atom. The summed E-state index contributed by atoms with van der Waals surface area (Å²) in [5.41, 5.74) is 6.46. The van der Waals surface area contributed by atoms with Gasteiger partial charge in [0.25, 0.3) is 0 Å². The molecule has 0 unspecified atom stereocenters. The van der Waals surface area contributed by atoms with Crippen LogP contribution in [-0.4, -0.2) is 25.6 Å². The molecule has 0 bridgehead atoms. The monoisotopic (exact) mass is 379 g/mol. The van der Waals surface area contributed by atoms with Crippen molar-refractivity contribution in [2.75, 3.05) is 0 Å². The smallest absolute Gasteiger partial charge is 0.303 e. The first-order valence-corrected chi connectivity index (χ1v) is 10.2. The van der Waals surface area contributed by atoms with Crippen LogP contribution in [0.5, 0.6) is 0 Å². The predicted molar refractivity (Wildman–Crippen MR) is 112 cm³/mol. The van der Waals surface area contributed by atoms with Gasteiger partial charge in [0, 0.05) is 24.2 Å². The highest BCUT2D eigenvalue weighted by Crippen LogP contribution is 2.24. The van der Waals surface area contributed by atoms with E-state index in [0.717, 1.165) is 72.5 Å². The molecular formula is C23H29N3O2. The Labute approximate surface area is 166 Å². The average Bonchev–Trinajstić information content (AvgIpc) is 3.00. The lowest BCUT2D eigenvalue weighted by molar-refractivity contribution is -0.137. The molecular weight excluding hydrogens is 350 g/mol. The third kappa shape index (κ3) is 4.58. The molecule has 0 amide bonds. The number of aromatic nitrogens is 3. The molecule has 3 rings (SSSR count). The van der Waals surface area contributed by atoms with Gasteiger partial charge in [-0.2, -0.15) is 0 Å². The van der Waals surface area contributed by atoms with E-state index in [1.807, 2.05) is 6.92 Å². The highest BCUT2D eigenvalue weighted by molar-refractivity contribution is 5.78. The van der Waals surface area contributed by atoms with Gasteiger partial charge in [0.05, 0.1) is 0 Å². The van der Waals surface area contributed by atoms with E-state index in [1.165, 1.54) is 5.56 Å². The van der Waals surface area contributed by atoms with E-state index in [4.69, 9.17) is 15.1 Å². The average molecular weight is 380 g/mol. The first-order chi connectivity index (χ1) is 13.5. The number of benzene rings is 1. The number of carbonyl (C=O) groups is 1. The topological polar surface area (TPSA) is 68.0 Å². The summed E-state index contributed by atoms with van der Waals surface area (Å²) in [4.78, 5) is 20.2. The van der Waals surface area contributed by atoms with Gasteiger partial charge in [0.1, 0.15) is 11.3 Å². The molecule has 0 saturated carbocycles. The molecule has 5 nitrogen and oxygen atoms in total. The Morgan fingerprint density at radius 3 is 2.46 bits per heavy atom. The second-order valence-corrected chi connectivity index (χ2v) is 7.49. The maximum atomic E-state index is 10.6. The number of carboxylic acid groups (broad SMARTS) is 1. The molecule has 148 valence electrons. The lowest BCUT2D eigenvalue weighted by Crippen LogP contribution is -2.02. The predicted octanol–water partition coefficient (Wildman–Crippen LogP) is 5.18. The maximum absolute atomic E-state index is 10.6. The van der Waals surface area contributed by atoms with Crippen molar-refractivity contribution < 1.29 is 9.90 Å². The third-order valence-corrected chi connectivity index (χ3v) is 5.03. The Kier molecular flexibility index (Phi) is 6.45. The summed E-state index contributed by atoms with van der Waals surface area (Å²) in [6, 6.07) is 10.7. The summed E-state index contributed by atoms with van der Waals surface area (Å²) >= 11 is 0. The number of unbranched alkanes of at least 4 members (excludes halogenated alkanes) is 2. The van der Waals surface area contributed by atoms with Crippen molar-refractivity contribution in [2.24, 2.45) is 0 Å². The van der Waals surface area contributed by atoms with Crippen LogP contribution in [0, 0.1) is 13.8 Å². The van der Waals surface area contributed by atoms with Gasteiger partial charge in [-0.25, -0.2) is 9.97 Å². The Bertz CT molecular complexity index is 958. The molecule has 1 aromatic carbocycles. The molecule has 0 aliphatic heterocycles.